The highest BCUT2D eigenvalue weighted by Crippen LogP contribution is 2.19. The van der Waals surface area contributed by atoms with Gasteiger partial charge in [0.25, 0.3) is 0 Å². The van der Waals surface area contributed by atoms with Crippen molar-refractivity contribution in [2.24, 2.45) is 0 Å². The number of hydrogen-bond acceptors (Lipinski definition) is 4. The van der Waals surface area contributed by atoms with Gasteiger partial charge in [-0.1, -0.05) is 60.7 Å². The number of esters is 1. The fourth-order valence-electron chi connectivity index (χ4n) is 2.39. The molecule has 0 aliphatic heterocycles. The number of para-hydroxylation sites is 1. The van der Waals surface area contributed by atoms with Crippen LogP contribution in [0.3, 0.4) is 0 Å². The number of benzene rings is 3. The smallest absolute Gasteiger partial charge is 0.344 e. The van der Waals surface area contributed by atoms with E-state index in [2.05, 4.69) is 0 Å². The number of carbonyl (C=O) groups is 2. The van der Waals surface area contributed by atoms with E-state index in [1.54, 1.807) is 18.2 Å². The maximum atomic E-state index is 12.3. The van der Waals surface area contributed by atoms with Crippen molar-refractivity contribution in [3.8, 4) is 5.75 Å². The van der Waals surface area contributed by atoms with E-state index in [0.717, 1.165) is 10.8 Å². The minimum absolute atomic E-state index is 0.229. The van der Waals surface area contributed by atoms with Crippen LogP contribution in [0.25, 0.3) is 10.8 Å². The Bertz CT molecular complexity index is 850. The highest BCUT2D eigenvalue weighted by molar-refractivity contribution is 6.09. The molecule has 120 valence electrons. The molecule has 4 nitrogen and oxygen atoms in total. The van der Waals surface area contributed by atoms with E-state index in [4.69, 9.17) is 9.47 Å². The molecule has 0 aromatic heterocycles. The Labute approximate surface area is 139 Å². The van der Waals surface area contributed by atoms with Crippen LogP contribution in [0.4, 0.5) is 0 Å². The summed E-state index contributed by atoms with van der Waals surface area (Å²) in [6, 6.07) is 22.1. The molecule has 0 saturated carbocycles. The van der Waals surface area contributed by atoms with Gasteiger partial charge >= 0.3 is 5.97 Å². The minimum Gasteiger partial charge on any atom is -0.482 e. The average molecular weight is 320 g/mol. The SMILES string of the molecule is O=C(COc1ccccc1)OCC(=O)c1cccc2ccccc12. The van der Waals surface area contributed by atoms with Crippen molar-refractivity contribution in [1.29, 1.82) is 0 Å². The third-order valence-corrected chi connectivity index (χ3v) is 3.55. The van der Waals surface area contributed by atoms with Gasteiger partial charge in [0.1, 0.15) is 5.75 Å². The third kappa shape index (κ3) is 3.79. The lowest BCUT2D eigenvalue weighted by Gasteiger charge is -2.08. The van der Waals surface area contributed by atoms with E-state index >= 15 is 0 Å². The molecule has 0 N–H and O–H groups in total. The Kier molecular flexibility index (Phi) is 4.87. The number of hydrogen-bond donors (Lipinski definition) is 0. The van der Waals surface area contributed by atoms with E-state index in [-0.39, 0.29) is 19.0 Å². The first-order valence-corrected chi connectivity index (χ1v) is 7.58. The lowest BCUT2D eigenvalue weighted by molar-refractivity contribution is -0.144. The van der Waals surface area contributed by atoms with Crippen LogP contribution in [0.1, 0.15) is 10.4 Å². The van der Waals surface area contributed by atoms with Gasteiger partial charge in [0.2, 0.25) is 5.78 Å². The molecule has 0 bridgehead atoms. The number of ketones is 1. The largest absolute Gasteiger partial charge is 0.482 e. The van der Waals surface area contributed by atoms with Crippen LogP contribution in [0.5, 0.6) is 5.75 Å². The highest BCUT2D eigenvalue weighted by Gasteiger charge is 2.13. The van der Waals surface area contributed by atoms with Gasteiger partial charge in [-0.3, -0.25) is 4.79 Å². The molecule has 0 radical (unpaired) electrons. The molecule has 0 atom stereocenters. The molecule has 3 rings (SSSR count). The quantitative estimate of drug-likeness (QED) is 0.514. The Hall–Kier alpha value is -3.14. The van der Waals surface area contributed by atoms with Crippen LogP contribution >= 0.6 is 0 Å². The number of rotatable bonds is 6. The molecule has 24 heavy (non-hydrogen) atoms. The van der Waals surface area contributed by atoms with Crippen molar-refractivity contribution in [2.75, 3.05) is 13.2 Å². The lowest BCUT2D eigenvalue weighted by atomic mass is 10.0. The number of Topliss-reactive ketones (excluding diaryl/α,β-unsaturated/α-hetero) is 1. The summed E-state index contributed by atoms with van der Waals surface area (Å²) in [5, 5.41) is 1.82. The van der Waals surface area contributed by atoms with Crippen molar-refractivity contribution in [1.82, 2.24) is 0 Å². The molecule has 0 aliphatic rings. The molecular formula is C20H16O4. The van der Waals surface area contributed by atoms with E-state index in [9.17, 15) is 9.59 Å². The summed E-state index contributed by atoms with van der Waals surface area (Å²) in [6.07, 6.45) is 0. The summed E-state index contributed by atoms with van der Waals surface area (Å²) >= 11 is 0. The summed E-state index contributed by atoms with van der Waals surface area (Å²) in [7, 11) is 0. The maximum absolute atomic E-state index is 12.3. The summed E-state index contributed by atoms with van der Waals surface area (Å²) in [5.74, 6) is -0.234. The molecular weight excluding hydrogens is 304 g/mol. The highest BCUT2D eigenvalue weighted by atomic mass is 16.6. The standard InChI is InChI=1S/C20H16O4/c21-19(18-12-6-8-15-7-4-5-11-17(15)18)13-24-20(22)14-23-16-9-2-1-3-10-16/h1-12H,13-14H2. The normalized spacial score (nSPS) is 10.3. The van der Waals surface area contributed by atoms with Crippen molar-refractivity contribution >= 4 is 22.5 Å². The van der Waals surface area contributed by atoms with Gasteiger partial charge in [-0.2, -0.15) is 0 Å². The van der Waals surface area contributed by atoms with E-state index in [0.29, 0.717) is 11.3 Å². The average Bonchev–Trinajstić information content (AvgIpc) is 2.64. The molecule has 0 heterocycles. The van der Waals surface area contributed by atoms with Crippen molar-refractivity contribution < 1.29 is 19.1 Å². The van der Waals surface area contributed by atoms with Gasteiger partial charge in [0.05, 0.1) is 0 Å². The molecule has 3 aromatic rings. The van der Waals surface area contributed by atoms with Gasteiger partial charge in [-0.05, 0) is 22.9 Å². The third-order valence-electron chi connectivity index (χ3n) is 3.55. The van der Waals surface area contributed by atoms with Crippen LogP contribution in [0, 0.1) is 0 Å². The zero-order chi connectivity index (χ0) is 16.8. The monoisotopic (exact) mass is 320 g/mol. The molecule has 0 saturated heterocycles. The molecule has 0 fully saturated rings. The zero-order valence-electron chi connectivity index (χ0n) is 13.0. The number of carbonyl (C=O) groups excluding carboxylic acids is 2. The Balaban J connectivity index is 1.58. The Morgan fingerprint density at radius 1 is 0.750 bits per heavy atom. The summed E-state index contributed by atoms with van der Waals surface area (Å²) in [6.45, 7) is -0.530. The predicted octanol–water partition coefficient (Wildman–Crippen LogP) is 3.64. The first kappa shape index (κ1) is 15.7. The summed E-state index contributed by atoms with van der Waals surface area (Å²) < 4.78 is 10.3. The van der Waals surface area contributed by atoms with Gasteiger partial charge < -0.3 is 9.47 Å². The molecule has 0 spiro atoms. The topological polar surface area (TPSA) is 52.6 Å². The fourth-order valence-corrected chi connectivity index (χ4v) is 2.39. The molecule has 0 amide bonds. The van der Waals surface area contributed by atoms with E-state index < -0.39 is 5.97 Å². The summed E-state index contributed by atoms with van der Waals surface area (Å²) in [5.41, 5.74) is 0.546. The zero-order valence-corrected chi connectivity index (χ0v) is 13.0. The fraction of sp³-hybridized carbons (Fsp3) is 0.100. The van der Waals surface area contributed by atoms with Crippen LogP contribution in [0.2, 0.25) is 0 Å². The van der Waals surface area contributed by atoms with Gasteiger partial charge in [-0.25, -0.2) is 4.79 Å². The van der Waals surface area contributed by atoms with Crippen LogP contribution in [-0.2, 0) is 9.53 Å². The van der Waals surface area contributed by atoms with Crippen LogP contribution < -0.4 is 4.74 Å². The molecule has 0 aliphatic carbocycles. The van der Waals surface area contributed by atoms with Crippen LogP contribution in [-0.4, -0.2) is 25.0 Å². The maximum Gasteiger partial charge on any atom is 0.344 e. The van der Waals surface area contributed by atoms with Gasteiger partial charge in [0, 0.05) is 5.56 Å². The van der Waals surface area contributed by atoms with Crippen LogP contribution in [0.15, 0.2) is 72.8 Å². The van der Waals surface area contributed by atoms with E-state index in [1.807, 2.05) is 54.6 Å². The Morgan fingerprint density at radius 3 is 2.29 bits per heavy atom. The second-order valence-corrected chi connectivity index (χ2v) is 5.21. The minimum atomic E-state index is -0.576. The summed E-state index contributed by atoms with van der Waals surface area (Å²) in [4.78, 5) is 24.0. The first-order valence-electron chi connectivity index (χ1n) is 7.58. The second-order valence-electron chi connectivity index (χ2n) is 5.21. The lowest BCUT2D eigenvalue weighted by Crippen LogP contribution is -2.19. The second kappa shape index (κ2) is 7.42. The van der Waals surface area contributed by atoms with Crippen molar-refractivity contribution in [3.05, 3.63) is 78.4 Å². The molecule has 4 heteroatoms. The number of ether oxygens (including phenoxy) is 2. The van der Waals surface area contributed by atoms with Crippen molar-refractivity contribution in [3.63, 3.8) is 0 Å². The van der Waals surface area contributed by atoms with E-state index in [1.165, 1.54) is 0 Å². The van der Waals surface area contributed by atoms with Gasteiger partial charge in [-0.15, -0.1) is 0 Å². The molecule has 3 aromatic carbocycles. The first-order chi connectivity index (χ1) is 11.7. The van der Waals surface area contributed by atoms with Gasteiger partial charge in [0.15, 0.2) is 13.2 Å². The predicted molar refractivity (Wildman–Crippen MR) is 91.2 cm³/mol. The van der Waals surface area contributed by atoms with Crippen molar-refractivity contribution in [2.45, 2.75) is 0 Å². The number of fused-ring (bicyclic) bond motifs is 1. The molecule has 0 unspecified atom stereocenters. The Morgan fingerprint density at radius 2 is 1.46 bits per heavy atom.